The summed E-state index contributed by atoms with van der Waals surface area (Å²) in [4.78, 5) is 23.6. The molecule has 2 rings (SSSR count). The normalized spacial score (nSPS) is 19.8. The van der Waals surface area contributed by atoms with Gasteiger partial charge in [0, 0.05) is 12.6 Å². The second-order valence-electron chi connectivity index (χ2n) is 4.64. The van der Waals surface area contributed by atoms with Gasteiger partial charge >= 0.3 is 5.97 Å². The maximum absolute atomic E-state index is 11.4. The number of nitrogens with zero attached hydrogens (tertiary/aromatic N) is 2. The molecular weight excluding hydrogens is 248 g/mol. The molecule has 1 saturated heterocycles. The van der Waals surface area contributed by atoms with E-state index in [1.807, 2.05) is 0 Å². The highest BCUT2D eigenvalue weighted by molar-refractivity contribution is 5.80. The van der Waals surface area contributed by atoms with E-state index in [0.29, 0.717) is 18.7 Å². The van der Waals surface area contributed by atoms with Gasteiger partial charge in [0.05, 0.1) is 4.92 Å². The third-order valence-corrected chi connectivity index (χ3v) is 3.43. The predicted molar refractivity (Wildman–Crippen MR) is 70.3 cm³/mol. The number of carbonyl (C=O) groups is 1. The summed E-state index contributed by atoms with van der Waals surface area (Å²) >= 11 is 0. The van der Waals surface area contributed by atoms with Gasteiger partial charge in [-0.1, -0.05) is 25.0 Å². The number of para-hydroxylation sites is 2. The highest BCUT2D eigenvalue weighted by Crippen LogP contribution is 2.32. The molecule has 102 valence electrons. The van der Waals surface area contributed by atoms with Crippen LogP contribution in [0.2, 0.25) is 0 Å². The summed E-state index contributed by atoms with van der Waals surface area (Å²) in [5.41, 5.74) is 0.373. The van der Waals surface area contributed by atoms with Gasteiger partial charge in [0.2, 0.25) is 0 Å². The lowest BCUT2D eigenvalue weighted by Crippen LogP contribution is -2.41. The van der Waals surface area contributed by atoms with Gasteiger partial charge in [-0.2, -0.15) is 0 Å². The molecule has 1 atom stereocenters. The van der Waals surface area contributed by atoms with Crippen LogP contribution < -0.4 is 4.90 Å². The summed E-state index contributed by atoms with van der Waals surface area (Å²) in [6, 6.07) is 5.66. The lowest BCUT2D eigenvalue weighted by atomic mass is 10.1. The number of nitro groups is 1. The lowest BCUT2D eigenvalue weighted by Gasteiger charge is -2.28. The minimum absolute atomic E-state index is 0.0318. The number of carboxylic acids is 1. The fourth-order valence-corrected chi connectivity index (χ4v) is 2.51. The van der Waals surface area contributed by atoms with Crippen LogP contribution in [-0.2, 0) is 4.79 Å². The Labute approximate surface area is 110 Å². The van der Waals surface area contributed by atoms with Crippen molar-refractivity contribution in [2.75, 3.05) is 11.4 Å². The average Bonchev–Trinajstić information content (AvgIpc) is 2.64. The summed E-state index contributed by atoms with van der Waals surface area (Å²) in [5, 5.41) is 20.4. The molecule has 0 bridgehead atoms. The number of benzene rings is 1. The highest BCUT2D eigenvalue weighted by Gasteiger charge is 2.30. The maximum atomic E-state index is 11.4. The topological polar surface area (TPSA) is 83.7 Å². The highest BCUT2D eigenvalue weighted by atomic mass is 16.6. The Bertz CT molecular complexity index is 489. The number of rotatable bonds is 3. The number of hydrogen-bond donors (Lipinski definition) is 1. The summed E-state index contributed by atoms with van der Waals surface area (Å²) in [6.07, 6.45) is 3.19. The standard InChI is InChI=1S/C13H16N2O4/c16-13(17)12-8-2-1-5-9-14(12)10-6-3-4-7-11(10)15(18)19/h3-4,6-7,12H,1-2,5,8-9H2,(H,16,17). The van der Waals surface area contributed by atoms with E-state index < -0.39 is 16.9 Å². The van der Waals surface area contributed by atoms with Gasteiger partial charge in [-0.25, -0.2) is 4.79 Å². The molecule has 0 aliphatic carbocycles. The first-order valence-electron chi connectivity index (χ1n) is 6.34. The number of nitro benzene ring substituents is 1. The quantitative estimate of drug-likeness (QED) is 0.669. The van der Waals surface area contributed by atoms with Crippen LogP contribution in [0.15, 0.2) is 24.3 Å². The molecule has 6 nitrogen and oxygen atoms in total. The van der Waals surface area contributed by atoms with E-state index >= 15 is 0 Å². The molecule has 0 aromatic heterocycles. The Morgan fingerprint density at radius 3 is 2.74 bits per heavy atom. The summed E-state index contributed by atoms with van der Waals surface area (Å²) < 4.78 is 0. The van der Waals surface area contributed by atoms with Crippen molar-refractivity contribution in [1.82, 2.24) is 0 Å². The van der Waals surface area contributed by atoms with Gasteiger partial charge in [-0.3, -0.25) is 10.1 Å². The third kappa shape index (κ3) is 2.83. The molecule has 1 aliphatic rings. The molecule has 1 fully saturated rings. The van der Waals surface area contributed by atoms with Crippen LogP contribution in [0.25, 0.3) is 0 Å². The second-order valence-corrected chi connectivity index (χ2v) is 4.64. The zero-order valence-electron chi connectivity index (χ0n) is 10.5. The molecule has 19 heavy (non-hydrogen) atoms. The number of anilines is 1. The molecular formula is C13H16N2O4. The first-order chi connectivity index (χ1) is 9.11. The molecule has 1 aromatic carbocycles. The minimum Gasteiger partial charge on any atom is -0.480 e. The van der Waals surface area contributed by atoms with Crippen LogP contribution in [0.1, 0.15) is 25.7 Å². The summed E-state index contributed by atoms with van der Waals surface area (Å²) in [6.45, 7) is 0.543. The monoisotopic (exact) mass is 264 g/mol. The fraction of sp³-hybridized carbons (Fsp3) is 0.462. The molecule has 1 unspecified atom stereocenters. The molecule has 6 heteroatoms. The van der Waals surface area contributed by atoms with Gasteiger partial charge in [0.1, 0.15) is 11.7 Å². The van der Waals surface area contributed by atoms with Crippen LogP contribution in [-0.4, -0.2) is 28.6 Å². The Morgan fingerprint density at radius 1 is 1.32 bits per heavy atom. The molecule has 0 saturated carbocycles. The first kappa shape index (κ1) is 13.3. The van der Waals surface area contributed by atoms with Gasteiger partial charge in [0.25, 0.3) is 5.69 Å². The van der Waals surface area contributed by atoms with Crippen LogP contribution in [0.3, 0.4) is 0 Å². The molecule has 1 aliphatic heterocycles. The smallest absolute Gasteiger partial charge is 0.326 e. The first-order valence-corrected chi connectivity index (χ1v) is 6.34. The second kappa shape index (κ2) is 5.69. The van der Waals surface area contributed by atoms with Crippen LogP contribution in [0.5, 0.6) is 0 Å². The molecule has 0 amide bonds. The largest absolute Gasteiger partial charge is 0.480 e. The third-order valence-electron chi connectivity index (χ3n) is 3.43. The number of carboxylic acid groups (broad SMARTS) is 1. The molecule has 0 radical (unpaired) electrons. The van der Waals surface area contributed by atoms with E-state index in [1.54, 1.807) is 23.1 Å². The van der Waals surface area contributed by atoms with E-state index in [4.69, 9.17) is 0 Å². The van der Waals surface area contributed by atoms with E-state index in [0.717, 1.165) is 19.3 Å². The SMILES string of the molecule is O=C(O)C1CCCCCN1c1ccccc1[N+](=O)[O-]. The van der Waals surface area contributed by atoms with Crippen LogP contribution in [0, 0.1) is 10.1 Å². The minimum atomic E-state index is -0.917. The fourth-order valence-electron chi connectivity index (χ4n) is 2.51. The molecule has 1 N–H and O–H groups in total. The summed E-state index contributed by atoms with van der Waals surface area (Å²) in [5.74, 6) is -0.917. The van der Waals surface area contributed by atoms with Crippen molar-refractivity contribution in [3.8, 4) is 0 Å². The Hall–Kier alpha value is -2.11. The van der Waals surface area contributed by atoms with Crippen molar-refractivity contribution >= 4 is 17.3 Å². The zero-order chi connectivity index (χ0) is 13.8. The van der Waals surface area contributed by atoms with Crippen LogP contribution in [0.4, 0.5) is 11.4 Å². The average molecular weight is 264 g/mol. The van der Waals surface area contributed by atoms with E-state index in [-0.39, 0.29) is 5.69 Å². The van der Waals surface area contributed by atoms with Crippen molar-refractivity contribution in [3.63, 3.8) is 0 Å². The summed E-state index contributed by atoms with van der Waals surface area (Å²) in [7, 11) is 0. The lowest BCUT2D eigenvalue weighted by molar-refractivity contribution is -0.384. The van der Waals surface area contributed by atoms with Crippen molar-refractivity contribution in [3.05, 3.63) is 34.4 Å². The van der Waals surface area contributed by atoms with Gasteiger partial charge in [-0.15, -0.1) is 0 Å². The predicted octanol–water partition coefficient (Wildman–Crippen LogP) is 2.43. The van der Waals surface area contributed by atoms with E-state index in [2.05, 4.69) is 0 Å². The van der Waals surface area contributed by atoms with Crippen molar-refractivity contribution in [1.29, 1.82) is 0 Å². The van der Waals surface area contributed by atoms with Crippen molar-refractivity contribution in [2.24, 2.45) is 0 Å². The molecule has 0 spiro atoms. The van der Waals surface area contributed by atoms with Crippen molar-refractivity contribution < 1.29 is 14.8 Å². The molecule has 1 heterocycles. The number of hydrogen-bond acceptors (Lipinski definition) is 4. The number of aliphatic carboxylic acids is 1. The van der Waals surface area contributed by atoms with E-state index in [1.165, 1.54) is 6.07 Å². The van der Waals surface area contributed by atoms with E-state index in [9.17, 15) is 20.0 Å². The van der Waals surface area contributed by atoms with Gasteiger partial charge < -0.3 is 10.0 Å². The molecule has 1 aromatic rings. The Balaban J connectivity index is 2.41. The van der Waals surface area contributed by atoms with Crippen LogP contribution >= 0.6 is 0 Å². The van der Waals surface area contributed by atoms with Crippen molar-refractivity contribution in [2.45, 2.75) is 31.7 Å². The Kier molecular flexibility index (Phi) is 3.99. The van der Waals surface area contributed by atoms with Gasteiger partial charge in [-0.05, 0) is 18.9 Å². The maximum Gasteiger partial charge on any atom is 0.326 e. The van der Waals surface area contributed by atoms with Gasteiger partial charge in [0.15, 0.2) is 0 Å². The Morgan fingerprint density at radius 2 is 2.05 bits per heavy atom. The zero-order valence-corrected chi connectivity index (χ0v) is 10.5.